The minimum atomic E-state index is -0.867. The van der Waals surface area contributed by atoms with E-state index in [9.17, 15) is 14.0 Å². The average Bonchev–Trinajstić information content (AvgIpc) is 2.42. The normalized spacial score (nSPS) is 15.8. The summed E-state index contributed by atoms with van der Waals surface area (Å²) in [6.07, 6.45) is 0. The van der Waals surface area contributed by atoms with Crippen molar-refractivity contribution < 1.29 is 19.1 Å². The Labute approximate surface area is 135 Å². The fraction of sp³-hybridized carbons (Fsp3) is 0.385. The first kappa shape index (κ1) is 16.0. The minimum absolute atomic E-state index is 0.00861. The summed E-state index contributed by atoms with van der Waals surface area (Å²) < 4.78 is 13.6. The number of hydrogen-bond donors (Lipinski definition) is 2. The third kappa shape index (κ3) is 4.53. The van der Waals surface area contributed by atoms with Crippen LogP contribution in [0.1, 0.15) is 0 Å². The number of carbonyl (C=O) groups is 2. The summed E-state index contributed by atoms with van der Waals surface area (Å²) in [5.41, 5.74) is 0.565. The average molecular weight is 407 g/mol. The van der Waals surface area contributed by atoms with E-state index in [-0.39, 0.29) is 18.4 Å². The number of rotatable bonds is 3. The van der Waals surface area contributed by atoms with E-state index in [4.69, 9.17) is 5.11 Å². The zero-order chi connectivity index (χ0) is 15.4. The molecule has 0 atom stereocenters. The molecule has 2 rings (SSSR count). The summed E-state index contributed by atoms with van der Waals surface area (Å²) in [7, 11) is 0. The van der Waals surface area contributed by atoms with Crippen molar-refractivity contribution in [2.24, 2.45) is 0 Å². The molecule has 2 N–H and O–H groups in total. The zero-order valence-electron chi connectivity index (χ0n) is 11.2. The van der Waals surface area contributed by atoms with Crippen LogP contribution in [0.4, 0.5) is 14.9 Å². The monoisotopic (exact) mass is 407 g/mol. The number of anilines is 1. The van der Waals surface area contributed by atoms with Gasteiger partial charge in [-0.3, -0.25) is 9.69 Å². The second-order valence-electron chi connectivity index (χ2n) is 4.71. The van der Waals surface area contributed by atoms with E-state index < -0.39 is 5.97 Å². The van der Waals surface area contributed by atoms with Crippen molar-refractivity contribution in [1.82, 2.24) is 9.80 Å². The number of aliphatic carboxylic acids is 1. The first-order valence-corrected chi connectivity index (χ1v) is 7.48. The topological polar surface area (TPSA) is 72.9 Å². The molecular formula is C13H15FIN3O3. The van der Waals surface area contributed by atoms with Crippen LogP contribution in [0.2, 0.25) is 0 Å². The molecule has 0 bridgehead atoms. The Morgan fingerprint density at radius 1 is 1.29 bits per heavy atom. The van der Waals surface area contributed by atoms with Crippen LogP contribution in [-0.4, -0.2) is 59.6 Å². The summed E-state index contributed by atoms with van der Waals surface area (Å²) in [5.74, 6) is -1.21. The Balaban J connectivity index is 1.89. The lowest BCUT2D eigenvalue weighted by Crippen LogP contribution is -2.51. The number of nitrogens with one attached hydrogen (secondary N) is 1. The Kier molecular flexibility index (Phi) is 5.34. The number of hydrogen-bond acceptors (Lipinski definition) is 3. The second kappa shape index (κ2) is 7.03. The molecule has 0 saturated carbocycles. The van der Waals surface area contributed by atoms with E-state index in [1.165, 1.54) is 18.2 Å². The Bertz CT molecular complexity index is 547. The van der Waals surface area contributed by atoms with Crippen molar-refractivity contribution in [3.63, 3.8) is 0 Å². The third-order valence-electron chi connectivity index (χ3n) is 3.19. The van der Waals surface area contributed by atoms with Gasteiger partial charge in [0.15, 0.2) is 0 Å². The number of urea groups is 1. The number of carbonyl (C=O) groups excluding carboxylic acids is 1. The lowest BCUT2D eigenvalue weighted by molar-refractivity contribution is -0.138. The molecular weight excluding hydrogens is 392 g/mol. The molecule has 1 aromatic rings. The smallest absolute Gasteiger partial charge is 0.321 e. The first-order chi connectivity index (χ1) is 9.95. The van der Waals surface area contributed by atoms with Gasteiger partial charge in [0.05, 0.1) is 12.2 Å². The molecule has 6 nitrogen and oxygen atoms in total. The maximum Gasteiger partial charge on any atom is 0.321 e. The molecule has 1 aliphatic rings. The highest BCUT2D eigenvalue weighted by Gasteiger charge is 2.22. The molecule has 1 heterocycles. The van der Waals surface area contributed by atoms with Crippen molar-refractivity contribution in [2.45, 2.75) is 0 Å². The number of carboxylic acids is 1. The maximum atomic E-state index is 13.0. The number of benzene rings is 1. The van der Waals surface area contributed by atoms with Crippen molar-refractivity contribution in [1.29, 1.82) is 0 Å². The van der Waals surface area contributed by atoms with Gasteiger partial charge in [-0.1, -0.05) is 0 Å². The van der Waals surface area contributed by atoms with E-state index in [1.807, 2.05) is 22.6 Å². The van der Waals surface area contributed by atoms with E-state index in [1.54, 1.807) is 9.80 Å². The van der Waals surface area contributed by atoms with Crippen molar-refractivity contribution in [3.05, 3.63) is 27.6 Å². The van der Waals surface area contributed by atoms with Gasteiger partial charge in [-0.2, -0.15) is 0 Å². The molecule has 21 heavy (non-hydrogen) atoms. The van der Waals surface area contributed by atoms with Crippen LogP contribution in [0.25, 0.3) is 0 Å². The van der Waals surface area contributed by atoms with E-state index in [0.717, 1.165) is 0 Å². The van der Waals surface area contributed by atoms with Crippen LogP contribution < -0.4 is 5.32 Å². The van der Waals surface area contributed by atoms with Gasteiger partial charge < -0.3 is 15.3 Å². The van der Waals surface area contributed by atoms with Gasteiger partial charge in [-0.05, 0) is 40.8 Å². The molecule has 1 aromatic carbocycles. The number of piperazine rings is 1. The summed E-state index contributed by atoms with van der Waals surface area (Å²) in [6.45, 7) is 1.99. The fourth-order valence-electron chi connectivity index (χ4n) is 2.09. The highest BCUT2D eigenvalue weighted by atomic mass is 127. The second-order valence-corrected chi connectivity index (χ2v) is 5.87. The molecule has 114 valence electrons. The van der Waals surface area contributed by atoms with Crippen LogP contribution in [-0.2, 0) is 4.79 Å². The number of halogens is 2. The number of carboxylic acid groups (broad SMARTS) is 1. The van der Waals surface area contributed by atoms with Crippen LogP contribution in [0.3, 0.4) is 0 Å². The summed E-state index contributed by atoms with van der Waals surface area (Å²) in [5, 5.41) is 11.5. The molecule has 8 heteroatoms. The van der Waals surface area contributed by atoms with Crippen LogP contribution in [0, 0.1) is 9.39 Å². The van der Waals surface area contributed by atoms with E-state index in [0.29, 0.717) is 35.4 Å². The van der Waals surface area contributed by atoms with E-state index in [2.05, 4.69) is 5.32 Å². The van der Waals surface area contributed by atoms with Gasteiger partial charge in [0.25, 0.3) is 0 Å². The maximum absolute atomic E-state index is 13.0. The Morgan fingerprint density at radius 3 is 2.52 bits per heavy atom. The summed E-state index contributed by atoms with van der Waals surface area (Å²) in [4.78, 5) is 26.1. The quantitative estimate of drug-likeness (QED) is 0.748. The molecule has 0 spiro atoms. The molecule has 1 fully saturated rings. The largest absolute Gasteiger partial charge is 0.480 e. The lowest BCUT2D eigenvalue weighted by Gasteiger charge is -2.33. The van der Waals surface area contributed by atoms with Crippen molar-refractivity contribution >= 4 is 40.3 Å². The van der Waals surface area contributed by atoms with Crippen LogP contribution >= 0.6 is 22.6 Å². The molecule has 0 radical (unpaired) electrons. The van der Waals surface area contributed by atoms with Crippen LogP contribution in [0.15, 0.2) is 18.2 Å². The number of nitrogens with zero attached hydrogens (tertiary/aromatic N) is 2. The van der Waals surface area contributed by atoms with Gasteiger partial charge >= 0.3 is 12.0 Å². The molecule has 1 aliphatic heterocycles. The molecule has 2 amide bonds. The Hall–Kier alpha value is -1.42. The van der Waals surface area contributed by atoms with Crippen molar-refractivity contribution in [3.8, 4) is 0 Å². The van der Waals surface area contributed by atoms with Gasteiger partial charge in [-0.25, -0.2) is 9.18 Å². The van der Waals surface area contributed by atoms with Gasteiger partial charge in [0, 0.05) is 29.7 Å². The molecule has 0 aromatic heterocycles. The van der Waals surface area contributed by atoms with Gasteiger partial charge in [0.2, 0.25) is 0 Å². The van der Waals surface area contributed by atoms with Gasteiger partial charge in [-0.15, -0.1) is 0 Å². The van der Waals surface area contributed by atoms with Crippen LogP contribution in [0.5, 0.6) is 0 Å². The SMILES string of the molecule is O=C(O)CN1CCN(C(=O)Nc2ccc(F)cc2I)CC1. The van der Waals surface area contributed by atoms with Crippen molar-refractivity contribution in [2.75, 3.05) is 38.0 Å². The summed E-state index contributed by atoms with van der Waals surface area (Å²) in [6, 6.07) is 3.91. The fourth-order valence-corrected chi connectivity index (χ4v) is 2.70. The molecule has 1 saturated heterocycles. The molecule has 0 unspecified atom stereocenters. The Morgan fingerprint density at radius 2 is 1.95 bits per heavy atom. The molecule has 0 aliphatic carbocycles. The zero-order valence-corrected chi connectivity index (χ0v) is 13.3. The minimum Gasteiger partial charge on any atom is -0.480 e. The predicted molar refractivity (Wildman–Crippen MR) is 83.8 cm³/mol. The first-order valence-electron chi connectivity index (χ1n) is 6.41. The summed E-state index contributed by atoms with van der Waals surface area (Å²) >= 11 is 1.96. The van der Waals surface area contributed by atoms with Gasteiger partial charge in [0.1, 0.15) is 5.82 Å². The highest BCUT2D eigenvalue weighted by molar-refractivity contribution is 14.1. The third-order valence-corrected chi connectivity index (χ3v) is 4.08. The number of amides is 2. The highest BCUT2D eigenvalue weighted by Crippen LogP contribution is 2.19. The predicted octanol–water partition coefficient (Wildman–Crippen LogP) is 1.66. The van der Waals surface area contributed by atoms with E-state index >= 15 is 0 Å². The lowest BCUT2D eigenvalue weighted by atomic mass is 10.3. The standard InChI is InChI=1S/C13H15FIN3O3/c14-9-1-2-11(10(15)7-9)16-13(21)18-5-3-17(4-6-18)8-12(19)20/h1-2,7H,3-6,8H2,(H,16,21)(H,19,20).